The Morgan fingerprint density at radius 1 is 1.35 bits per heavy atom. The Bertz CT molecular complexity index is 479. The first-order valence-electron chi connectivity index (χ1n) is 6.65. The summed E-state index contributed by atoms with van der Waals surface area (Å²) in [6, 6.07) is 5.14. The molecule has 1 aromatic carbocycles. The van der Waals surface area contributed by atoms with Gasteiger partial charge in [0.25, 0.3) is 0 Å². The zero-order chi connectivity index (χ0) is 14.6. The van der Waals surface area contributed by atoms with Crippen molar-refractivity contribution in [1.29, 1.82) is 0 Å². The molecule has 0 bridgehead atoms. The first-order chi connectivity index (χ1) is 9.45. The zero-order valence-electron chi connectivity index (χ0n) is 11.1. The van der Waals surface area contributed by atoms with Crippen molar-refractivity contribution in [2.75, 3.05) is 6.54 Å². The van der Waals surface area contributed by atoms with E-state index in [2.05, 4.69) is 10.3 Å². The highest BCUT2D eigenvalue weighted by Gasteiger charge is 2.30. The molecule has 0 unspecified atom stereocenters. The molecule has 1 aliphatic carbocycles. The number of hydrogen-bond acceptors (Lipinski definition) is 1. The lowest BCUT2D eigenvalue weighted by molar-refractivity contribution is -0.137. The predicted octanol–water partition coefficient (Wildman–Crippen LogP) is 2.91. The summed E-state index contributed by atoms with van der Waals surface area (Å²) in [4.78, 5) is 4.06. The first kappa shape index (κ1) is 14.7. The summed E-state index contributed by atoms with van der Waals surface area (Å²) in [7, 11) is 0. The number of halogens is 3. The number of benzene rings is 1. The van der Waals surface area contributed by atoms with E-state index in [1.54, 1.807) is 6.07 Å². The minimum atomic E-state index is -4.33. The van der Waals surface area contributed by atoms with Crippen LogP contribution in [0, 0.1) is 5.92 Å². The zero-order valence-corrected chi connectivity index (χ0v) is 11.1. The van der Waals surface area contributed by atoms with Crippen molar-refractivity contribution >= 4 is 5.96 Å². The number of hydrogen-bond donors (Lipinski definition) is 2. The molecule has 2 rings (SSSR count). The average Bonchev–Trinajstić information content (AvgIpc) is 2.34. The van der Waals surface area contributed by atoms with Gasteiger partial charge in [-0.3, -0.25) is 0 Å². The van der Waals surface area contributed by atoms with Crippen LogP contribution in [0.3, 0.4) is 0 Å². The summed E-state index contributed by atoms with van der Waals surface area (Å²) in [5.41, 5.74) is 5.52. The number of aliphatic imine (C=N–C) groups is 1. The fourth-order valence-corrected chi connectivity index (χ4v) is 2.02. The summed E-state index contributed by atoms with van der Waals surface area (Å²) in [6.07, 6.45) is -0.664. The van der Waals surface area contributed by atoms with E-state index in [4.69, 9.17) is 5.73 Å². The number of rotatable bonds is 4. The molecule has 1 aromatic rings. The summed E-state index contributed by atoms with van der Waals surface area (Å²) in [6.45, 7) is 0.936. The number of nitrogens with zero attached hydrogens (tertiary/aromatic N) is 1. The molecule has 0 heterocycles. The molecule has 0 spiro atoms. The normalized spacial score (nSPS) is 16.9. The Morgan fingerprint density at radius 3 is 2.70 bits per heavy atom. The number of nitrogens with one attached hydrogen (secondary N) is 1. The quantitative estimate of drug-likeness (QED) is 0.660. The lowest BCUT2D eigenvalue weighted by Crippen LogP contribution is -2.37. The summed E-state index contributed by atoms with van der Waals surface area (Å²) in [5, 5.41) is 3.01. The lowest BCUT2D eigenvalue weighted by atomic mass is 9.85. The number of alkyl halides is 3. The molecule has 3 nitrogen and oxygen atoms in total. The molecule has 1 saturated carbocycles. The Morgan fingerprint density at radius 2 is 2.10 bits per heavy atom. The summed E-state index contributed by atoms with van der Waals surface area (Å²) in [5.74, 6) is 0.937. The number of guanidine groups is 1. The van der Waals surface area contributed by atoms with Gasteiger partial charge in [-0.2, -0.15) is 13.2 Å². The maximum Gasteiger partial charge on any atom is 0.416 e. The SMILES string of the molecule is NC(=NCc1cccc(C(F)(F)F)c1)NCC1CCC1. The van der Waals surface area contributed by atoms with Crippen molar-refractivity contribution in [2.45, 2.75) is 32.0 Å². The van der Waals surface area contributed by atoms with Crippen LogP contribution in [0.5, 0.6) is 0 Å². The fraction of sp³-hybridized carbons (Fsp3) is 0.500. The van der Waals surface area contributed by atoms with Gasteiger partial charge in [0.15, 0.2) is 5.96 Å². The first-order valence-corrected chi connectivity index (χ1v) is 6.65. The third-order valence-electron chi connectivity index (χ3n) is 3.48. The Hall–Kier alpha value is -1.72. The average molecular weight is 285 g/mol. The standard InChI is InChI=1S/C14H18F3N3/c15-14(16,17)12-6-2-5-11(7-12)9-20-13(18)19-8-10-3-1-4-10/h2,5-7,10H,1,3-4,8-9H2,(H3,18,19,20). The van der Waals surface area contributed by atoms with Gasteiger partial charge in [0.1, 0.15) is 0 Å². The monoisotopic (exact) mass is 285 g/mol. The van der Waals surface area contributed by atoms with Crippen LogP contribution < -0.4 is 11.1 Å². The van der Waals surface area contributed by atoms with Crippen molar-refractivity contribution in [1.82, 2.24) is 5.32 Å². The highest BCUT2D eigenvalue weighted by Crippen LogP contribution is 2.29. The molecule has 0 saturated heterocycles. The third-order valence-corrected chi connectivity index (χ3v) is 3.48. The van der Waals surface area contributed by atoms with Gasteiger partial charge in [-0.25, -0.2) is 4.99 Å². The minimum absolute atomic E-state index is 0.146. The van der Waals surface area contributed by atoms with E-state index >= 15 is 0 Å². The molecule has 110 valence electrons. The van der Waals surface area contributed by atoms with Gasteiger partial charge < -0.3 is 11.1 Å². The Kier molecular flexibility index (Phi) is 4.52. The Balaban J connectivity index is 1.88. The van der Waals surface area contributed by atoms with Crippen LogP contribution in [0.4, 0.5) is 13.2 Å². The topological polar surface area (TPSA) is 50.4 Å². The smallest absolute Gasteiger partial charge is 0.370 e. The van der Waals surface area contributed by atoms with Crippen molar-refractivity contribution in [3.05, 3.63) is 35.4 Å². The van der Waals surface area contributed by atoms with Gasteiger partial charge in [0, 0.05) is 6.54 Å². The lowest BCUT2D eigenvalue weighted by Gasteiger charge is -2.25. The van der Waals surface area contributed by atoms with Crippen LogP contribution in [0.1, 0.15) is 30.4 Å². The van der Waals surface area contributed by atoms with E-state index in [1.807, 2.05) is 0 Å². The van der Waals surface area contributed by atoms with Crippen LogP contribution >= 0.6 is 0 Å². The van der Waals surface area contributed by atoms with Crippen molar-refractivity contribution in [3.8, 4) is 0 Å². The van der Waals surface area contributed by atoms with E-state index in [0.717, 1.165) is 18.7 Å². The molecule has 20 heavy (non-hydrogen) atoms. The van der Waals surface area contributed by atoms with Crippen LogP contribution in [-0.2, 0) is 12.7 Å². The van der Waals surface area contributed by atoms with Crippen LogP contribution in [0.25, 0.3) is 0 Å². The highest BCUT2D eigenvalue weighted by molar-refractivity contribution is 5.77. The van der Waals surface area contributed by atoms with Gasteiger partial charge in [-0.1, -0.05) is 18.6 Å². The third kappa shape index (κ3) is 4.15. The minimum Gasteiger partial charge on any atom is -0.370 e. The molecule has 3 N–H and O–H groups in total. The van der Waals surface area contributed by atoms with Crippen molar-refractivity contribution < 1.29 is 13.2 Å². The molecule has 6 heteroatoms. The van der Waals surface area contributed by atoms with Gasteiger partial charge >= 0.3 is 6.18 Å². The molecular weight excluding hydrogens is 267 g/mol. The van der Waals surface area contributed by atoms with E-state index in [1.165, 1.54) is 25.3 Å². The second-order valence-electron chi connectivity index (χ2n) is 5.08. The molecule has 0 radical (unpaired) electrons. The van der Waals surface area contributed by atoms with Gasteiger partial charge in [0.05, 0.1) is 12.1 Å². The van der Waals surface area contributed by atoms with Gasteiger partial charge in [0.2, 0.25) is 0 Å². The van der Waals surface area contributed by atoms with Crippen LogP contribution in [0.2, 0.25) is 0 Å². The van der Waals surface area contributed by atoms with Gasteiger partial charge in [-0.05, 0) is 36.5 Å². The predicted molar refractivity (Wildman–Crippen MR) is 72.1 cm³/mol. The largest absolute Gasteiger partial charge is 0.416 e. The van der Waals surface area contributed by atoms with E-state index in [-0.39, 0.29) is 12.5 Å². The fourth-order valence-electron chi connectivity index (χ4n) is 2.02. The van der Waals surface area contributed by atoms with Crippen LogP contribution in [-0.4, -0.2) is 12.5 Å². The molecular formula is C14H18F3N3. The molecule has 0 aromatic heterocycles. The van der Waals surface area contributed by atoms with Crippen molar-refractivity contribution in [3.63, 3.8) is 0 Å². The van der Waals surface area contributed by atoms with Gasteiger partial charge in [-0.15, -0.1) is 0 Å². The second kappa shape index (κ2) is 6.15. The van der Waals surface area contributed by atoms with E-state index in [9.17, 15) is 13.2 Å². The van der Waals surface area contributed by atoms with Crippen molar-refractivity contribution in [2.24, 2.45) is 16.6 Å². The van der Waals surface area contributed by atoms with Crippen LogP contribution in [0.15, 0.2) is 29.3 Å². The highest BCUT2D eigenvalue weighted by atomic mass is 19.4. The summed E-state index contributed by atoms with van der Waals surface area (Å²) >= 11 is 0. The molecule has 1 aliphatic rings. The molecule has 0 amide bonds. The van der Waals surface area contributed by atoms with E-state index < -0.39 is 11.7 Å². The Labute approximate surface area is 116 Å². The second-order valence-corrected chi connectivity index (χ2v) is 5.08. The maximum absolute atomic E-state index is 12.5. The molecule has 0 aliphatic heterocycles. The molecule has 1 fully saturated rings. The van der Waals surface area contributed by atoms with E-state index in [0.29, 0.717) is 11.5 Å². The number of nitrogens with two attached hydrogens (primary N) is 1. The molecule has 0 atom stereocenters. The summed E-state index contributed by atoms with van der Waals surface area (Å²) < 4.78 is 37.6. The maximum atomic E-state index is 12.5.